The van der Waals surface area contributed by atoms with Crippen LogP contribution < -0.4 is 5.32 Å². The van der Waals surface area contributed by atoms with Crippen LogP contribution in [-0.2, 0) is 13.0 Å². The molecule has 3 rings (SSSR count). The van der Waals surface area contributed by atoms with Crippen molar-refractivity contribution in [3.8, 4) is 0 Å². The molecule has 6 nitrogen and oxygen atoms in total. The highest BCUT2D eigenvalue weighted by Crippen LogP contribution is 2.19. The van der Waals surface area contributed by atoms with Gasteiger partial charge in [-0.25, -0.2) is 14.8 Å². The molecular weight excluding hydrogens is 256 g/mol. The Balaban J connectivity index is 1.60. The van der Waals surface area contributed by atoms with Crippen molar-refractivity contribution in [1.82, 2.24) is 14.5 Å². The number of carboxylic acids is 1. The highest BCUT2D eigenvalue weighted by Gasteiger charge is 2.18. The maximum Gasteiger partial charge on any atom is 0.354 e. The Bertz CT molecular complexity index is 623. The molecule has 20 heavy (non-hydrogen) atoms. The molecule has 0 saturated heterocycles. The van der Waals surface area contributed by atoms with E-state index >= 15 is 0 Å². The van der Waals surface area contributed by atoms with Gasteiger partial charge >= 0.3 is 5.97 Å². The number of carbonyl (C=O) groups is 1. The monoisotopic (exact) mass is 272 g/mol. The fourth-order valence-corrected chi connectivity index (χ4v) is 2.50. The van der Waals surface area contributed by atoms with Gasteiger partial charge in [-0.2, -0.15) is 0 Å². The molecular formula is C14H16N4O2. The predicted octanol–water partition coefficient (Wildman–Crippen LogP) is 1.65. The van der Waals surface area contributed by atoms with Crippen molar-refractivity contribution in [2.24, 2.45) is 5.92 Å². The molecule has 2 aromatic rings. The van der Waals surface area contributed by atoms with Crippen molar-refractivity contribution in [1.29, 1.82) is 0 Å². The summed E-state index contributed by atoms with van der Waals surface area (Å²) in [5, 5.41) is 12.1. The van der Waals surface area contributed by atoms with Gasteiger partial charge in [-0.05, 0) is 24.5 Å². The van der Waals surface area contributed by atoms with E-state index < -0.39 is 5.97 Å². The zero-order chi connectivity index (χ0) is 13.9. The first-order valence-corrected chi connectivity index (χ1v) is 6.66. The first-order chi connectivity index (χ1) is 9.72. The minimum Gasteiger partial charge on any atom is -0.477 e. The van der Waals surface area contributed by atoms with Crippen LogP contribution in [0.15, 0.2) is 30.6 Å². The third-order valence-electron chi connectivity index (χ3n) is 3.57. The van der Waals surface area contributed by atoms with Gasteiger partial charge in [-0.15, -0.1) is 0 Å². The number of aryl methyl sites for hydroxylation is 1. The lowest BCUT2D eigenvalue weighted by molar-refractivity contribution is 0.0690. The van der Waals surface area contributed by atoms with Gasteiger partial charge in [0.2, 0.25) is 0 Å². The fourth-order valence-electron chi connectivity index (χ4n) is 2.50. The molecule has 3 heterocycles. The first kappa shape index (κ1) is 12.7. The Morgan fingerprint density at radius 2 is 2.40 bits per heavy atom. The Labute approximate surface area is 116 Å². The molecule has 1 aliphatic rings. The second kappa shape index (κ2) is 5.32. The van der Waals surface area contributed by atoms with Crippen molar-refractivity contribution in [3.05, 3.63) is 42.1 Å². The quantitative estimate of drug-likeness (QED) is 0.884. The standard InChI is InChI=1S/C14H16N4O2/c19-14(20)11-2-1-3-12(17-11)16-8-10-4-5-13-15-6-7-18(13)9-10/h1-3,6-7,10H,4-5,8-9H2,(H,16,17)(H,19,20). The molecule has 1 atom stereocenters. The number of anilines is 1. The summed E-state index contributed by atoms with van der Waals surface area (Å²) in [5.41, 5.74) is 0.0653. The van der Waals surface area contributed by atoms with E-state index in [1.165, 1.54) is 6.07 Å². The van der Waals surface area contributed by atoms with E-state index in [0.29, 0.717) is 11.7 Å². The summed E-state index contributed by atoms with van der Waals surface area (Å²) in [5.74, 6) is 1.26. The number of carboxylic acid groups (broad SMARTS) is 1. The van der Waals surface area contributed by atoms with E-state index in [1.807, 2.05) is 12.4 Å². The lowest BCUT2D eigenvalue weighted by Crippen LogP contribution is -2.26. The van der Waals surface area contributed by atoms with E-state index in [4.69, 9.17) is 5.11 Å². The molecule has 0 spiro atoms. The first-order valence-electron chi connectivity index (χ1n) is 6.66. The molecule has 2 aromatic heterocycles. The number of nitrogens with one attached hydrogen (secondary N) is 1. The van der Waals surface area contributed by atoms with Gasteiger partial charge in [-0.1, -0.05) is 6.07 Å². The molecule has 6 heteroatoms. The summed E-state index contributed by atoms with van der Waals surface area (Å²) in [6, 6.07) is 4.98. The largest absolute Gasteiger partial charge is 0.477 e. The van der Waals surface area contributed by atoms with Gasteiger partial charge in [0.25, 0.3) is 0 Å². The summed E-state index contributed by atoms with van der Waals surface area (Å²) in [4.78, 5) is 19.2. The molecule has 0 fully saturated rings. The number of hydrogen-bond donors (Lipinski definition) is 2. The lowest BCUT2D eigenvalue weighted by Gasteiger charge is -2.24. The minimum absolute atomic E-state index is 0.0653. The van der Waals surface area contributed by atoms with Crippen molar-refractivity contribution in [3.63, 3.8) is 0 Å². The third kappa shape index (κ3) is 2.64. The molecule has 0 radical (unpaired) electrons. The highest BCUT2D eigenvalue weighted by molar-refractivity contribution is 5.85. The topological polar surface area (TPSA) is 80.0 Å². The maximum absolute atomic E-state index is 10.9. The zero-order valence-corrected chi connectivity index (χ0v) is 11.0. The molecule has 2 N–H and O–H groups in total. The van der Waals surface area contributed by atoms with E-state index in [-0.39, 0.29) is 5.69 Å². The van der Waals surface area contributed by atoms with Gasteiger partial charge in [0.15, 0.2) is 5.69 Å². The van der Waals surface area contributed by atoms with Crippen LogP contribution >= 0.6 is 0 Å². The highest BCUT2D eigenvalue weighted by atomic mass is 16.4. The van der Waals surface area contributed by atoms with Crippen molar-refractivity contribution < 1.29 is 9.90 Å². The third-order valence-corrected chi connectivity index (χ3v) is 3.57. The summed E-state index contributed by atoms with van der Waals surface area (Å²) in [6.45, 7) is 1.73. The van der Waals surface area contributed by atoms with Crippen LogP contribution in [-0.4, -0.2) is 32.2 Å². The van der Waals surface area contributed by atoms with Gasteiger partial charge in [0.05, 0.1) is 0 Å². The average Bonchev–Trinajstić information content (AvgIpc) is 2.93. The molecule has 1 aliphatic heterocycles. The molecule has 0 amide bonds. The molecule has 104 valence electrons. The van der Waals surface area contributed by atoms with E-state index in [1.54, 1.807) is 12.1 Å². The Hall–Kier alpha value is -2.37. The maximum atomic E-state index is 10.9. The normalized spacial score (nSPS) is 17.5. The molecule has 0 saturated carbocycles. The lowest BCUT2D eigenvalue weighted by atomic mass is 9.99. The number of aromatic nitrogens is 3. The van der Waals surface area contributed by atoms with Crippen molar-refractivity contribution in [2.45, 2.75) is 19.4 Å². The van der Waals surface area contributed by atoms with Crippen LogP contribution in [0.1, 0.15) is 22.7 Å². The van der Waals surface area contributed by atoms with E-state index in [0.717, 1.165) is 31.8 Å². The van der Waals surface area contributed by atoms with Gasteiger partial charge < -0.3 is 15.0 Å². The van der Waals surface area contributed by atoms with Crippen molar-refractivity contribution >= 4 is 11.8 Å². The van der Waals surface area contributed by atoms with Crippen LogP contribution in [0.3, 0.4) is 0 Å². The van der Waals surface area contributed by atoms with Crippen LogP contribution in [0, 0.1) is 5.92 Å². The smallest absolute Gasteiger partial charge is 0.354 e. The Morgan fingerprint density at radius 1 is 1.50 bits per heavy atom. The number of fused-ring (bicyclic) bond motifs is 1. The number of imidazole rings is 1. The van der Waals surface area contributed by atoms with Crippen LogP contribution in [0.25, 0.3) is 0 Å². The number of hydrogen-bond acceptors (Lipinski definition) is 4. The molecule has 0 aliphatic carbocycles. The number of pyridine rings is 1. The van der Waals surface area contributed by atoms with Crippen LogP contribution in [0.4, 0.5) is 5.82 Å². The molecule has 0 aromatic carbocycles. The summed E-state index contributed by atoms with van der Waals surface area (Å²) in [6.07, 6.45) is 5.92. The van der Waals surface area contributed by atoms with E-state index in [9.17, 15) is 4.79 Å². The number of aromatic carboxylic acids is 1. The van der Waals surface area contributed by atoms with Crippen LogP contribution in [0.5, 0.6) is 0 Å². The van der Waals surface area contributed by atoms with Gasteiger partial charge in [0.1, 0.15) is 11.6 Å². The molecule has 0 bridgehead atoms. The van der Waals surface area contributed by atoms with Crippen molar-refractivity contribution in [2.75, 3.05) is 11.9 Å². The zero-order valence-electron chi connectivity index (χ0n) is 11.0. The SMILES string of the molecule is O=C(O)c1cccc(NCC2CCc3nccn3C2)n1. The predicted molar refractivity (Wildman–Crippen MR) is 73.7 cm³/mol. The van der Waals surface area contributed by atoms with Crippen LogP contribution in [0.2, 0.25) is 0 Å². The number of nitrogens with zero attached hydrogens (tertiary/aromatic N) is 3. The summed E-state index contributed by atoms with van der Waals surface area (Å²) < 4.78 is 2.18. The minimum atomic E-state index is -1.01. The number of rotatable bonds is 4. The summed E-state index contributed by atoms with van der Waals surface area (Å²) >= 11 is 0. The van der Waals surface area contributed by atoms with Gasteiger partial charge in [-0.3, -0.25) is 0 Å². The fraction of sp³-hybridized carbons (Fsp3) is 0.357. The average molecular weight is 272 g/mol. The second-order valence-electron chi connectivity index (χ2n) is 4.99. The van der Waals surface area contributed by atoms with Gasteiger partial charge in [0, 0.05) is 31.9 Å². The van der Waals surface area contributed by atoms with E-state index in [2.05, 4.69) is 19.9 Å². The Kier molecular flexibility index (Phi) is 3.37. The summed E-state index contributed by atoms with van der Waals surface area (Å²) in [7, 11) is 0. The molecule has 1 unspecified atom stereocenters. The Morgan fingerprint density at radius 3 is 3.25 bits per heavy atom. The second-order valence-corrected chi connectivity index (χ2v) is 4.99.